The van der Waals surface area contributed by atoms with Gasteiger partial charge in [0.05, 0.1) is 6.54 Å². The van der Waals surface area contributed by atoms with Crippen LogP contribution in [0.1, 0.15) is 45.1 Å². The monoisotopic (exact) mass is 552 g/mol. The summed E-state index contributed by atoms with van der Waals surface area (Å²) in [5.41, 5.74) is -1.19. The zero-order chi connectivity index (χ0) is 28.7. The van der Waals surface area contributed by atoms with E-state index >= 15 is 0 Å². The van der Waals surface area contributed by atoms with Crippen LogP contribution in [0.5, 0.6) is 0 Å². The van der Waals surface area contributed by atoms with E-state index in [2.05, 4.69) is 5.32 Å². The Kier molecular flexibility index (Phi) is 11.6. The van der Waals surface area contributed by atoms with E-state index in [0.29, 0.717) is 12.8 Å². The second-order valence-electron chi connectivity index (χ2n) is 9.26. The summed E-state index contributed by atoms with van der Waals surface area (Å²) in [4.78, 5) is 26.8. The highest BCUT2D eigenvalue weighted by Crippen LogP contribution is 2.25. The lowest BCUT2D eigenvalue weighted by Gasteiger charge is -2.29. The number of ether oxygens (including phenoxy) is 1. The number of carbonyl (C=O) groups excluding carboxylic acids is 2. The van der Waals surface area contributed by atoms with Crippen LogP contribution in [0.4, 0.5) is 22.0 Å². The Balaban J connectivity index is 2.17. The van der Waals surface area contributed by atoms with Crippen LogP contribution in [0.15, 0.2) is 12.2 Å². The Labute approximate surface area is 217 Å². The second-order valence-corrected chi connectivity index (χ2v) is 9.26. The summed E-state index contributed by atoms with van der Waals surface area (Å²) in [6.45, 7) is 2.78. The Hall–Kier alpha value is -2.61. The van der Waals surface area contributed by atoms with Crippen molar-refractivity contribution in [3.8, 4) is 0 Å². The molecule has 2 rings (SSSR count). The van der Waals surface area contributed by atoms with E-state index in [1.54, 1.807) is 6.08 Å². The topological polar surface area (TPSA) is 119 Å². The Bertz CT molecular complexity index is 997. The van der Waals surface area contributed by atoms with Gasteiger partial charge in [-0.3, -0.25) is 9.59 Å². The smallest absolute Gasteiger partial charge is 0.252 e. The summed E-state index contributed by atoms with van der Waals surface area (Å²) in [6, 6.07) is -1.27. The van der Waals surface area contributed by atoms with Gasteiger partial charge in [0.25, 0.3) is 5.91 Å². The van der Waals surface area contributed by atoms with E-state index in [-0.39, 0.29) is 18.9 Å². The quantitative estimate of drug-likeness (QED) is 0.145. The minimum Gasteiger partial charge on any atom is -0.387 e. The highest BCUT2D eigenvalue weighted by atomic mass is 19.2. The van der Waals surface area contributed by atoms with Crippen LogP contribution in [0.2, 0.25) is 0 Å². The molecule has 13 heteroatoms. The number of hydrogen-bond donors (Lipinski definition) is 4. The summed E-state index contributed by atoms with van der Waals surface area (Å²) in [6.07, 6.45) is -2.52. The largest absolute Gasteiger partial charge is 0.387 e. The maximum absolute atomic E-state index is 14.2. The fourth-order valence-electron chi connectivity index (χ4n) is 3.97. The molecule has 4 N–H and O–H groups in total. The molecule has 1 aromatic rings. The van der Waals surface area contributed by atoms with Crippen molar-refractivity contribution in [3.05, 3.63) is 46.8 Å². The third-order valence-corrected chi connectivity index (χ3v) is 6.55. The highest BCUT2D eigenvalue weighted by molar-refractivity contribution is 5.89. The predicted molar refractivity (Wildman–Crippen MR) is 125 cm³/mol. The van der Waals surface area contributed by atoms with Gasteiger partial charge in [0.1, 0.15) is 24.4 Å². The van der Waals surface area contributed by atoms with E-state index in [4.69, 9.17) is 4.74 Å². The number of carbonyl (C=O) groups is 2. The van der Waals surface area contributed by atoms with Crippen LogP contribution in [-0.4, -0.2) is 76.1 Å². The molecule has 1 unspecified atom stereocenters. The van der Waals surface area contributed by atoms with E-state index in [9.17, 15) is 46.9 Å². The Morgan fingerprint density at radius 2 is 1.61 bits per heavy atom. The fraction of sp³-hybridized carbons (Fsp3) is 0.600. The number of methoxy groups -OCH3 is 1. The lowest BCUT2D eigenvalue weighted by Crippen LogP contribution is -2.55. The van der Waals surface area contributed by atoms with E-state index in [1.165, 1.54) is 6.08 Å². The summed E-state index contributed by atoms with van der Waals surface area (Å²) >= 11 is 0. The van der Waals surface area contributed by atoms with Crippen LogP contribution in [0, 0.1) is 35.0 Å². The number of amides is 2. The average molecular weight is 553 g/mol. The number of aliphatic hydroxyl groups is 3. The minimum atomic E-state index is -2.32. The van der Waals surface area contributed by atoms with Crippen molar-refractivity contribution in [1.82, 2.24) is 10.2 Å². The first kappa shape index (κ1) is 31.6. The number of likely N-dealkylation sites (tertiary alicyclic amines) is 1. The van der Waals surface area contributed by atoms with Gasteiger partial charge in [0.2, 0.25) is 11.7 Å². The van der Waals surface area contributed by atoms with Crippen LogP contribution >= 0.6 is 0 Å². The average Bonchev–Trinajstić information content (AvgIpc) is 3.07. The van der Waals surface area contributed by atoms with Gasteiger partial charge in [-0.25, -0.2) is 22.0 Å². The van der Waals surface area contributed by atoms with Crippen molar-refractivity contribution < 1.29 is 51.6 Å². The molecule has 1 saturated heterocycles. The molecule has 6 atom stereocenters. The van der Waals surface area contributed by atoms with Crippen molar-refractivity contribution in [3.63, 3.8) is 0 Å². The SMILES string of the molecule is CCC(C)/C=C/[C@@H](O)[C@H](O)[C@@H](O)[C@@H](OC)C(=O)N[C@H]1CCCCN(Cc2c(F)c(F)c(F)c(F)c2F)C1=O. The molecule has 1 aliphatic rings. The Morgan fingerprint density at radius 3 is 2.16 bits per heavy atom. The number of benzene rings is 1. The normalized spacial score (nSPS) is 20.7. The molecule has 1 heterocycles. The molecule has 2 amide bonds. The molecule has 0 radical (unpaired) electrons. The zero-order valence-corrected chi connectivity index (χ0v) is 21.3. The van der Waals surface area contributed by atoms with Gasteiger partial charge in [-0.1, -0.05) is 32.4 Å². The molecule has 38 heavy (non-hydrogen) atoms. The standard InChI is InChI=1S/C25H33F5N2O6/c1-4-12(2)8-9-15(33)21(34)22(35)23(38-3)24(36)31-14-7-5-6-10-32(25(14)37)11-13-16(26)18(28)20(30)19(29)17(13)27/h8-9,12,14-15,21-23,33-35H,4-7,10-11H2,1-3H3,(H,31,36)/b9-8+/t12?,14-,15+,21-,22+,23+/m0/s1. The van der Waals surface area contributed by atoms with Gasteiger partial charge in [0.15, 0.2) is 29.4 Å². The molecule has 0 aliphatic carbocycles. The lowest BCUT2D eigenvalue weighted by atomic mass is 9.99. The lowest BCUT2D eigenvalue weighted by molar-refractivity contribution is -0.151. The van der Waals surface area contributed by atoms with E-state index in [1.807, 2.05) is 13.8 Å². The van der Waals surface area contributed by atoms with Crippen molar-refractivity contribution in [2.75, 3.05) is 13.7 Å². The summed E-state index contributed by atoms with van der Waals surface area (Å²) in [5.74, 6) is -12.5. The molecule has 1 aliphatic heterocycles. The zero-order valence-electron chi connectivity index (χ0n) is 21.3. The summed E-state index contributed by atoms with van der Waals surface area (Å²) < 4.78 is 73.9. The van der Waals surface area contributed by atoms with Crippen LogP contribution in [-0.2, 0) is 20.9 Å². The molecule has 0 spiro atoms. The van der Waals surface area contributed by atoms with Gasteiger partial charge in [-0.2, -0.15) is 0 Å². The maximum atomic E-state index is 14.2. The van der Waals surface area contributed by atoms with Gasteiger partial charge >= 0.3 is 0 Å². The molecule has 214 valence electrons. The van der Waals surface area contributed by atoms with Crippen LogP contribution in [0.25, 0.3) is 0 Å². The molecule has 1 aromatic carbocycles. The minimum absolute atomic E-state index is 0.0749. The van der Waals surface area contributed by atoms with Crippen molar-refractivity contribution in [2.45, 2.75) is 76.5 Å². The number of aliphatic hydroxyl groups excluding tert-OH is 3. The molecule has 0 bridgehead atoms. The Morgan fingerprint density at radius 1 is 1.03 bits per heavy atom. The number of nitrogens with zero attached hydrogens (tertiary/aromatic N) is 1. The molecule has 1 fully saturated rings. The first-order valence-electron chi connectivity index (χ1n) is 12.2. The molecular weight excluding hydrogens is 519 g/mol. The van der Waals surface area contributed by atoms with Crippen LogP contribution < -0.4 is 5.32 Å². The first-order valence-corrected chi connectivity index (χ1v) is 12.2. The first-order chi connectivity index (χ1) is 17.8. The number of halogens is 5. The molecular formula is C25H33F5N2O6. The van der Waals surface area contributed by atoms with E-state index in [0.717, 1.165) is 18.4 Å². The van der Waals surface area contributed by atoms with Crippen LogP contribution in [0.3, 0.4) is 0 Å². The highest BCUT2D eigenvalue weighted by Gasteiger charge is 2.38. The molecule has 8 nitrogen and oxygen atoms in total. The molecule has 0 aromatic heterocycles. The van der Waals surface area contributed by atoms with E-state index < -0.39 is 83.5 Å². The maximum Gasteiger partial charge on any atom is 0.252 e. The summed E-state index contributed by atoms with van der Waals surface area (Å²) in [5, 5.41) is 33.3. The van der Waals surface area contributed by atoms with Gasteiger partial charge < -0.3 is 30.3 Å². The van der Waals surface area contributed by atoms with Gasteiger partial charge in [0, 0.05) is 19.2 Å². The predicted octanol–water partition coefficient (Wildman–Crippen LogP) is 2.08. The third kappa shape index (κ3) is 7.28. The fourth-order valence-corrected chi connectivity index (χ4v) is 3.97. The number of rotatable bonds is 11. The van der Waals surface area contributed by atoms with Crippen molar-refractivity contribution in [1.29, 1.82) is 0 Å². The second kappa shape index (κ2) is 14.0. The molecule has 0 saturated carbocycles. The summed E-state index contributed by atoms with van der Waals surface area (Å²) in [7, 11) is 1.06. The van der Waals surface area contributed by atoms with Crippen molar-refractivity contribution in [2.24, 2.45) is 5.92 Å². The van der Waals surface area contributed by atoms with Gasteiger partial charge in [-0.15, -0.1) is 0 Å². The van der Waals surface area contributed by atoms with Crippen molar-refractivity contribution >= 4 is 11.8 Å². The number of allylic oxidation sites excluding steroid dienone is 1. The van der Waals surface area contributed by atoms with Gasteiger partial charge in [-0.05, 0) is 25.2 Å². The number of nitrogens with one attached hydrogen (secondary N) is 1. The number of hydrogen-bond acceptors (Lipinski definition) is 6. The third-order valence-electron chi connectivity index (χ3n) is 6.55.